The van der Waals surface area contributed by atoms with Crippen LogP contribution in [0.3, 0.4) is 0 Å². The Morgan fingerprint density at radius 3 is 2.88 bits per heavy atom. The van der Waals surface area contributed by atoms with Crippen LogP contribution in [0.1, 0.15) is 23.2 Å². The number of carbonyl (C=O) groups excluding carboxylic acids is 1. The molecule has 0 spiro atoms. The summed E-state index contributed by atoms with van der Waals surface area (Å²) in [6.07, 6.45) is 2.10. The summed E-state index contributed by atoms with van der Waals surface area (Å²) < 4.78 is 27.3. The van der Waals surface area contributed by atoms with E-state index in [4.69, 9.17) is 0 Å². The van der Waals surface area contributed by atoms with Gasteiger partial charge < -0.3 is 10.6 Å². The van der Waals surface area contributed by atoms with Crippen LogP contribution in [0.2, 0.25) is 0 Å². The minimum atomic E-state index is -3.61. The van der Waals surface area contributed by atoms with Gasteiger partial charge in [-0.1, -0.05) is 12.1 Å². The highest BCUT2D eigenvalue weighted by atomic mass is 32.2. The molecule has 1 amide bonds. The zero-order chi connectivity index (χ0) is 17.7. The Bertz CT molecular complexity index is 813. The molecule has 8 heteroatoms. The van der Waals surface area contributed by atoms with Crippen molar-refractivity contribution in [2.75, 3.05) is 24.4 Å². The van der Waals surface area contributed by atoms with Crippen LogP contribution >= 0.6 is 11.3 Å². The number of carbonyl (C=O) groups is 1. The number of benzene rings is 1. The minimum absolute atomic E-state index is 0.192. The van der Waals surface area contributed by atoms with Gasteiger partial charge in [0.25, 0.3) is 15.9 Å². The Labute approximate surface area is 151 Å². The Morgan fingerprint density at radius 2 is 2.16 bits per heavy atom. The van der Waals surface area contributed by atoms with Gasteiger partial charge in [0.15, 0.2) is 0 Å². The standard InChI is InChI=1S/C17H21N3O3S2/c21-17(19-9-7-13-6-8-18-12-13)14-3-1-4-15(11-14)20-25(22,23)16-5-2-10-24-16/h1-5,10-11,13,18,20H,6-9,12H2,(H,19,21). The Balaban J connectivity index is 1.59. The number of thiophene rings is 1. The molecule has 25 heavy (non-hydrogen) atoms. The van der Waals surface area contributed by atoms with Crippen molar-refractivity contribution >= 4 is 33.0 Å². The second-order valence-corrected chi connectivity index (χ2v) is 8.88. The van der Waals surface area contributed by atoms with Crippen LogP contribution in [-0.2, 0) is 10.0 Å². The average Bonchev–Trinajstić information content (AvgIpc) is 3.28. The summed E-state index contributed by atoms with van der Waals surface area (Å²) in [6, 6.07) is 9.76. The zero-order valence-corrected chi connectivity index (χ0v) is 15.3. The number of hydrogen-bond donors (Lipinski definition) is 3. The van der Waals surface area contributed by atoms with Gasteiger partial charge in [0.1, 0.15) is 4.21 Å². The molecule has 1 aromatic carbocycles. The molecule has 3 N–H and O–H groups in total. The van der Waals surface area contributed by atoms with E-state index in [1.165, 1.54) is 0 Å². The van der Waals surface area contributed by atoms with Crippen molar-refractivity contribution in [2.24, 2.45) is 5.92 Å². The maximum absolute atomic E-state index is 12.3. The van der Waals surface area contributed by atoms with Gasteiger partial charge in [0.05, 0.1) is 0 Å². The zero-order valence-electron chi connectivity index (χ0n) is 13.7. The molecule has 1 fully saturated rings. The molecule has 6 nitrogen and oxygen atoms in total. The van der Waals surface area contributed by atoms with Crippen molar-refractivity contribution in [3.05, 3.63) is 47.3 Å². The maximum atomic E-state index is 12.3. The quantitative estimate of drug-likeness (QED) is 0.689. The van der Waals surface area contributed by atoms with Crippen molar-refractivity contribution in [1.29, 1.82) is 0 Å². The smallest absolute Gasteiger partial charge is 0.271 e. The first-order valence-electron chi connectivity index (χ1n) is 8.20. The molecule has 1 unspecified atom stereocenters. The van der Waals surface area contributed by atoms with Crippen molar-refractivity contribution < 1.29 is 13.2 Å². The molecule has 2 aromatic rings. The van der Waals surface area contributed by atoms with Crippen LogP contribution in [0, 0.1) is 5.92 Å². The molecule has 0 saturated carbocycles. The fraction of sp³-hybridized carbons (Fsp3) is 0.353. The number of sulfonamides is 1. The molecule has 1 aromatic heterocycles. The minimum Gasteiger partial charge on any atom is -0.352 e. The van der Waals surface area contributed by atoms with Crippen LogP contribution in [0.5, 0.6) is 0 Å². The molecular formula is C17H21N3O3S2. The Kier molecular flexibility index (Phi) is 5.72. The molecule has 1 atom stereocenters. The first kappa shape index (κ1) is 17.9. The second kappa shape index (κ2) is 7.99. The molecule has 0 bridgehead atoms. The molecule has 0 radical (unpaired) electrons. The maximum Gasteiger partial charge on any atom is 0.271 e. The van der Waals surface area contributed by atoms with Crippen LogP contribution in [0.4, 0.5) is 5.69 Å². The van der Waals surface area contributed by atoms with Gasteiger partial charge in [-0.2, -0.15) is 0 Å². The highest BCUT2D eigenvalue weighted by molar-refractivity contribution is 7.94. The Hall–Kier alpha value is -1.90. The normalized spacial score (nSPS) is 17.4. The fourth-order valence-electron chi connectivity index (χ4n) is 2.80. The van der Waals surface area contributed by atoms with E-state index < -0.39 is 10.0 Å². The van der Waals surface area contributed by atoms with Gasteiger partial charge in [0, 0.05) is 17.8 Å². The summed E-state index contributed by atoms with van der Waals surface area (Å²) in [5.74, 6) is 0.423. The van der Waals surface area contributed by atoms with E-state index >= 15 is 0 Å². The van der Waals surface area contributed by atoms with Crippen molar-refractivity contribution in [1.82, 2.24) is 10.6 Å². The van der Waals surface area contributed by atoms with Gasteiger partial charge >= 0.3 is 0 Å². The second-order valence-electron chi connectivity index (χ2n) is 6.02. The SMILES string of the molecule is O=C(NCCC1CCNC1)c1cccc(NS(=O)(=O)c2cccs2)c1. The van der Waals surface area contributed by atoms with Crippen LogP contribution < -0.4 is 15.4 Å². The number of anilines is 1. The van der Waals surface area contributed by atoms with Gasteiger partial charge in [-0.15, -0.1) is 11.3 Å². The molecule has 1 aliphatic rings. The van der Waals surface area contributed by atoms with Crippen molar-refractivity contribution in [3.63, 3.8) is 0 Å². The van der Waals surface area contributed by atoms with E-state index in [9.17, 15) is 13.2 Å². The topological polar surface area (TPSA) is 87.3 Å². The number of hydrogen-bond acceptors (Lipinski definition) is 5. The summed E-state index contributed by atoms with van der Waals surface area (Å²) in [5, 5.41) is 7.91. The molecule has 2 heterocycles. The number of amides is 1. The van der Waals surface area contributed by atoms with Gasteiger partial charge in [-0.05, 0) is 61.5 Å². The van der Waals surface area contributed by atoms with E-state index in [2.05, 4.69) is 15.4 Å². The van der Waals surface area contributed by atoms with Gasteiger partial charge in [-0.25, -0.2) is 8.42 Å². The summed E-state index contributed by atoms with van der Waals surface area (Å²) in [5.41, 5.74) is 0.817. The fourth-order valence-corrected chi connectivity index (χ4v) is 4.84. The average molecular weight is 380 g/mol. The summed E-state index contributed by atoms with van der Waals surface area (Å²) in [4.78, 5) is 12.3. The van der Waals surface area contributed by atoms with Crippen LogP contribution in [0.15, 0.2) is 46.0 Å². The molecule has 0 aliphatic carbocycles. The van der Waals surface area contributed by atoms with Crippen LogP contribution in [0.25, 0.3) is 0 Å². The van der Waals surface area contributed by atoms with E-state index in [1.807, 2.05) is 0 Å². The first-order valence-corrected chi connectivity index (χ1v) is 10.6. The van der Waals surface area contributed by atoms with Crippen LogP contribution in [-0.4, -0.2) is 34.0 Å². The molecule has 1 aliphatic heterocycles. The van der Waals surface area contributed by atoms with Crippen molar-refractivity contribution in [3.8, 4) is 0 Å². The number of rotatable bonds is 7. The van der Waals surface area contributed by atoms with E-state index in [0.29, 0.717) is 23.7 Å². The number of nitrogens with one attached hydrogen (secondary N) is 3. The van der Waals surface area contributed by atoms with Gasteiger partial charge in [-0.3, -0.25) is 9.52 Å². The monoisotopic (exact) mass is 379 g/mol. The first-order chi connectivity index (χ1) is 12.0. The lowest BCUT2D eigenvalue weighted by Gasteiger charge is -2.11. The lowest BCUT2D eigenvalue weighted by Crippen LogP contribution is -2.26. The summed E-state index contributed by atoms with van der Waals surface area (Å²) in [6.45, 7) is 2.68. The highest BCUT2D eigenvalue weighted by Crippen LogP contribution is 2.21. The largest absolute Gasteiger partial charge is 0.352 e. The predicted molar refractivity (Wildman–Crippen MR) is 99.5 cm³/mol. The van der Waals surface area contributed by atoms with Crippen molar-refractivity contribution in [2.45, 2.75) is 17.1 Å². The Morgan fingerprint density at radius 1 is 1.28 bits per heavy atom. The lowest BCUT2D eigenvalue weighted by atomic mass is 10.1. The highest BCUT2D eigenvalue weighted by Gasteiger charge is 2.17. The van der Waals surface area contributed by atoms with Gasteiger partial charge in [0.2, 0.25) is 0 Å². The molecule has 1 saturated heterocycles. The third-order valence-corrected chi connectivity index (χ3v) is 6.92. The molecule has 134 valence electrons. The summed E-state index contributed by atoms with van der Waals surface area (Å²) >= 11 is 1.15. The lowest BCUT2D eigenvalue weighted by molar-refractivity contribution is 0.0951. The molecular weight excluding hydrogens is 358 g/mol. The van der Waals surface area contributed by atoms with E-state index in [-0.39, 0.29) is 10.1 Å². The van der Waals surface area contributed by atoms with E-state index in [0.717, 1.165) is 37.3 Å². The predicted octanol–water partition coefficient (Wildman–Crippen LogP) is 2.28. The van der Waals surface area contributed by atoms with E-state index in [1.54, 1.807) is 41.8 Å². The summed E-state index contributed by atoms with van der Waals surface area (Å²) in [7, 11) is -3.61. The third kappa shape index (κ3) is 4.81. The third-order valence-electron chi connectivity index (χ3n) is 4.14. The molecule has 3 rings (SSSR count).